The van der Waals surface area contributed by atoms with Crippen molar-refractivity contribution in [1.29, 1.82) is 0 Å². The second-order valence-corrected chi connectivity index (χ2v) is 7.28. The number of aromatic carboxylic acids is 1. The summed E-state index contributed by atoms with van der Waals surface area (Å²) in [5.41, 5.74) is 4.45. The molecule has 1 amide bonds. The van der Waals surface area contributed by atoms with Crippen molar-refractivity contribution in [3.05, 3.63) is 29.8 Å². The molecular weight excluding hydrogens is 296 g/mol. The Morgan fingerprint density at radius 3 is 2.29 bits per heavy atom. The second-order valence-electron chi connectivity index (χ2n) is 5.34. The molecule has 0 saturated carbocycles. The first kappa shape index (κ1) is 15.5. The monoisotopic (exact) mass is 312 g/mol. The van der Waals surface area contributed by atoms with Crippen LogP contribution in [-0.2, 0) is 14.8 Å². The van der Waals surface area contributed by atoms with Gasteiger partial charge >= 0.3 is 5.97 Å². The summed E-state index contributed by atoms with van der Waals surface area (Å²) >= 11 is 0. The molecule has 1 saturated heterocycles. The number of nitrogens with zero attached hydrogens (tertiary/aromatic N) is 1. The number of hydrogen-bond acceptors (Lipinski definition) is 4. The van der Waals surface area contributed by atoms with E-state index >= 15 is 0 Å². The van der Waals surface area contributed by atoms with Gasteiger partial charge < -0.3 is 10.8 Å². The van der Waals surface area contributed by atoms with Gasteiger partial charge in [-0.1, -0.05) is 0 Å². The lowest BCUT2D eigenvalue weighted by molar-refractivity contribution is -0.126. The number of primary amides is 1. The summed E-state index contributed by atoms with van der Waals surface area (Å²) in [4.78, 5) is 22.2. The number of amides is 1. The van der Waals surface area contributed by atoms with Crippen LogP contribution < -0.4 is 5.73 Å². The van der Waals surface area contributed by atoms with Crippen molar-refractivity contribution < 1.29 is 23.1 Å². The molecule has 2 rings (SSSR count). The highest BCUT2D eigenvalue weighted by atomic mass is 32.2. The van der Waals surface area contributed by atoms with E-state index in [1.165, 1.54) is 28.6 Å². The van der Waals surface area contributed by atoms with E-state index in [-0.39, 0.29) is 23.5 Å². The summed E-state index contributed by atoms with van der Waals surface area (Å²) < 4.78 is 26.1. The van der Waals surface area contributed by atoms with Crippen LogP contribution in [0.1, 0.15) is 23.7 Å². The third kappa shape index (κ3) is 2.77. The van der Waals surface area contributed by atoms with E-state index in [2.05, 4.69) is 0 Å². The molecular formula is C13H16N2O5S. The molecule has 1 fully saturated rings. The topological polar surface area (TPSA) is 118 Å². The van der Waals surface area contributed by atoms with Gasteiger partial charge in [-0.3, -0.25) is 4.79 Å². The molecule has 1 aromatic carbocycles. The molecule has 114 valence electrons. The maximum absolute atomic E-state index is 12.5. The number of carbonyl (C=O) groups excluding carboxylic acids is 1. The lowest BCUT2D eigenvalue weighted by Crippen LogP contribution is -2.38. The van der Waals surface area contributed by atoms with Crippen LogP contribution >= 0.6 is 0 Å². The molecule has 1 aliphatic rings. The maximum Gasteiger partial charge on any atom is 0.335 e. The Bertz CT molecular complexity index is 683. The number of carboxylic acids is 1. The first-order valence-corrected chi connectivity index (χ1v) is 7.74. The summed E-state index contributed by atoms with van der Waals surface area (Å²) in [6.45, 7) is 1.88. The van der Waals surface area contributed by atoms with Crippen LogP contribution in [-0.4, -0.2) is 42.8 Å². The number of nitrogens with two attached hydrogens (primary N) is 1. The molecule has 21 heavy (non-hydrogen) atoms. The Morgan fingerprint density at radius 2 is 1.86 bits per heavy atom. The average Bonchev–Trinajstić information content (AvgIpc) is 2.84. The number of carbonyl (C=O) groups is 2. The zero-order chi connectivity index (χ0) is 15.8. The molecule has 1 atom stereocenters. The number of benzene rings is 1. The van der Waals surface area contributed by atoms with Gasteiger partial charge in [-0.25, -0.2) is 13.2 Å². The van der Waals surface area contributed by atoms with Gasteiger partial charge in [-0.15, -0.1) is 0 Å². The van der Waals surface area contributed by atoms with Crippen molar-refractivity contribution in [1.82, 2.24) is 4.31 Å². The van der Waals surface area contributed by atoms with Gasteiger partial charge in [-0.2, -0.15) is 4.31 Å². The van der Waals surface area contributed by atoms with E-state index in [0.717, 1.165) is 0 Å². The molecule has 3 N–H and O–H groups in total. The van der Waals surface area contributed by atoms with E-state index < -0.39 is 27.3 Å². The third-order valence-corrected chi connectivity index (χ3v) is 5.63. The molecule has 8 heteroatoms. The fourth-order valence-corrected chi connectivity index (χ4v) is 3.81. The minimum atomic E-state index is -3.75. The zero-order valence-corrected chi connectivity index (χ0v) is 12.3. The summed E-state index contributed by atoms with van der Waals surface area (Å²) in [5.74, 6) is -1.65. The molecule has 1 aliphatic heterocycles. The highest BCUT2D eigenvalue weighted by Crippen LogP contribution is 2.33. The minimum absolute atomic E-state index is 0.00113. The summed E-state index contributed by atoms with van der Waals surface area (Å²) in [6.07, 6.45) is 0.370. The van der Waals surface area contributed by atoms with Gasteiger partial charge in [0.1, 0.15) is 0 Å². The van der Waals surface area contributed by atoms with E-state index in [0.29, 0.717) is 6.42 Å². The number of rotatable bonds is 4. The average molecular weight is 312 g/mol. The molecule has 1 heterocycles. The summed E-state index contributed by atoms with van der Waals surface area (Å²) in [7, 11) is -3.75. The molecule has 1 unspecified atom stereocenters. The van der Waals surface area contributed by atoms with Crippen molar-refractivity contribution in [2.45, 2.75) is 18.2 Å². The Morgan fingerprint density at radius 1 is 1.29 bits per heavy atom. The highest BCUT2D eigenvalue weighted by Gasteiger charge is 2.43. The molecule has 0 radical (unpaired) electrons. The number of sulfonamides is 1. The van der Waals surface area contributed by atoms with E-state index in [4.69, 9.17) is 10.8 Å². The molecule has 0 aromatic heterocycles. The van der Waals surface area contributed by atoms with Gasteiger partial charge in [0.15, 0.2) is 0 Å². The normalized spacial score (nSPS) is 23.1. The van der Waals surface area contributed by atoms with Crippen LogP contribution in [0.25, 0.3) is 0 Å². The predicted octanol–water partition coefficient (Wildman–Crippen LogP) is 0.271. The van der Waals surface area contributed by atoms with Crippen LogP contribution in [0.4, 0.5) is 0 Å². The second kappa shape index (κ2) is 5.12. The van der Waals surface area contributed by atoms with Gasteiger partial charge in [0.2, 0.25) is 15.9 Å². The van der Waals surface area contributed by atoms with Crippen molar-refractivity contribution in [3.8, 4) is 0 Å². The standard InChI is InChI=1S/C13H16N2O5S/c1-13(12(14)18)6-7-15(8-13)21(19,20)10-4-2-9(3-5-10)11(16)17/h2-5H,6-8H2,1H3,(H2,14,18)(H,16,17). The Kier molecular flexibility index (Phi) is 3.77. The number of carboxylic acid groups (broad SMARTS) is 1. The third-order valence-electron chi connectivity index (χ3n) is 3.77. The van der Waals surface area contributed by atoms with Gasteiger partial charge in [0, 0.05) is 13.1 Å². The van der Waals surface area contributed by atoms with Gasteiger partial charge in [-0.05, 0) is 37.6 Å². The number of hydrogen-bond donors (Lipinski definition) is 2. The Balaban J connectivity index is 2.27. The fourth-order valence-electron chi connectivity index (χ4n) is 2.24. The largest absolute Gasteiger partial charge is 0.478 e. The van der Waals surface area contributed by atoms with Crippen LogP contribution in [0.15, 0.2) is 29.2 Å². The van der Waals surface area contributed by atoms with Crippen LogP contribution in [0.5, 0.6) is 0 Å². The maximum atomic E-state index is 12.5. The highest BCUT2D eigenvalue weighted by molar-refractivity contribution is 7.89. The molecule has 0 spiro atoms. The van der Waals surface area contributed by atoms with Crippen molar-refractivity contribution in [2.75, 3.05) is 13.1 Å². The molecule has 0 aliphatic carbocycles. The lowest BCUT2D eigenvalue weighted by atomic mass is 9.89. The molecule has 7 nitrogen and oxygen atoms in total. The Hall–Kier alpha value is -1.93. The fraction of sp³-hybridized carbons (Fsp3) is 0.385. The Labute approximate surface area is 122 Å². The van der Waals surface area contributed by atoms with E-state index in [9.17, 15) is 18.0 Å². The lowest BCUT2D eigenvalue weighted by Gasteiger charge is -2.21. The summed E-state index contributed by atoms with van der Waals surface area (Å²) in [5, 5.41) is 8.81. The van der Waals surface area contributed by atoms with Crippen molar-refractivity contribution >= 4 is 21.9 Å². The molecule has 0 bridgehead atoms. The van der Waals surface area contributed by atoms with Gasteiger partial charge in [0.05, 0.1) is 15.9 Å². The zero-order valence-electron chi connectivity index (χ0n) is 11.4. The quantitative estimate of drug-likeness (QED) is 0.827. The van der Waals surface area contributed by atoms with Crippen molar-refractivity contribution in [3.63, 3.8) is 0 Å². The van der Waals surface area contributed by atoms with E-state index in [1.807, 2.05) is 0 Å². The van der Waals surface area contributed by atoms with Gasteiger partial charge in [0.25, 0.3) is 0 Å². The first-order chi connectivity index (χ1) is 9.67. The first-order valence-electron chi connectivity index (χ1n) is 6.30. The SMILES string of the molecule is CC1(C(N)=O)CCN(S(=O)(=O)c2ccc(C(=O)O)cc2)C1. The molecule has 1 aromatic rings. The minimum Gasteiger partial charge on any atom is -0.478 e. The van der Waals surface area contributed by atoms with Crippen molar-refractivity contribution in [2.24, 2.45) is 11.1 Å². The van der Waals surface area contributed by atoms with Crippen LogP contribution in [0, 0.1) is 5.41 Å². The summed E-state index contributed by atoms with van der Waals surface area (Å²) in [6, 6.07) is 4.97. The van der Waals surface area contributed by atoms with Crippen LogP contribution in [0.2, 0.25) is 0 Å². The van der Waals surface area contributed by atoms with E-state index in [1.54, 1.807) is 6.92 Å². The smallest absolute Gasteiger partial charge is 0.335 e. The van der Waals surface area contributed by atoms with Crippen LogP contribution in [0.3, 0.4) is 0 Å². The predicted molar refractivity (Wildman–Crippen MR) is 74.1 cm³/mol.